The van der Waals surface area contributed by atoms with E-state index in [2.05, 4.69) is 0 Å². The van der Waals surface area contributed by atoms with Gasteiger partial charge >= 0.3 is 5.88 Å². The maximum atomic E-state index is 10.4. The Balaban J connectivity index is 2.20. The Morgan fingerprint density at radius 1 is 1.57 bits per heavy atom. The lowest BCUT2D eigenvalue weighted by molar-refractivity contribution is -0.402. The maximum Gasteiger partial charge on any atom is 0.433 e. The highest BCUT2D eigenvalue weighted by Crippen LogP contribution is 2.51. The number of hydrogen-bond acceptors (Lipinski definition) is 4. The van der Waals surface area contributed by atoms with Crippen molar-refractivity contribution in [2.75, 3.05) is 6.54 Å². The average Bonchev–Trinajstić information content (AvgIpc) is 2.77. The molecule has 0 amide bonds. The Bertz CT molecular complexity index is 355. The third-order valence-corrected chi connectivity index (χ3v) is 2.77. The van der Waals surface area contributed by atoms with Crippen molar-refractivity contribution in [3.8, 4) is 0 Å². The lowest BCUT2D eigenvalue weighted by Gasteiger charge is -2.08. The van der Waals surface area contributed by atoms with Crippen molar-refractivity contribution in [2.24, 2.45) is 5.73 Å². The van der Waals surface area contributed by atoms with Crippen LogP contribution in [0.4, 0.5) is 5.88 Å². The second-order valence-corrected chi connectivity index (χ2v) is 3.71. The lowest BCUT2D eigenvalue weighted by Crippen LogP contribution is -2.12. The topological polar surface area (TPSA) is 82.3 Å². The van der Waals surface area contributed by atoms with Crippen molar-refractivity contribution in [3.63, 3.8) is 0 Å². The SMILES string of the molecule is NCCC1(c2ccc([N+](=O)[O-])o2)CC1. The molecule has 1 fully saturated rings. The van der Waals surface area contributed by atoms with Crippen LogP contribution < -0.4 is 5.73 Å². The van der Waals surface area contributed by atoms with Gasteiger partial charge in [0, 0.05) is 5.41 Å². The maximum absolute atomic E-state index is 10.4. The highest BCUT2D eigenvalue weighted by atomic mass is 16.6. The summed E-state index contributed by atoms with van der Waals surface area (Å²) in [7, 11) is 0. The average molecular weight is 196 g/mol. The monoisotopic (exact) mass is 196 g/mol. The number of nitrogens with zero attached hydrogens (tertiary/aromatic N) is 1. The zero-order valence-corrected chi connectivity index (χ0v) is 7.73. The van der Waals surface area contributed by atoms with Crippen LogP contribution in [0.5, 0.6) is 0 Å². The van der Waals surface area contributed by atoms with Crippen LogP contribution in [0.15, 0.2) is 16.5 Å². The second kappa shape index (κ2) is 3.09. The van der Waals surface area contributed by atoms with Crippen LogP contribution in [-0.2, 0) is 5.41 Å². The Morgan fingerprint density at radius 2 is 2.29 bits per heavy atom. The minimum Gasteiger partial charge on any atom is -0.405 e. The highest BCUT2D eigenvalue weighted by molar-refractivity contribution is 5.28. The zero-order chi connectivity index (χ0) is 10.2. The fraction of sp³-hybridized carbons (Fsp3) is 0.556. The molecule has 2 rings (SSSR count). The highest BCUT2D eigenvalue weighted by Gasteiger charge is 2.46. The predicted molar refractivity (Wildman–Crippen MR) is 49.9 cm³/mol. The normalized spacial score (nSPS) is 18.1. The molecule has 1 aliphatic rings. The van der Waals surface area contributed by atoms with Gasteiger partial charge in [-0.05, 0) is 31.9 Å². The van der Waals surface area contributed by atoms with E-state index in [9.17, 15) is 10.1 Å². The van der Waals surface area contributed by atoms with Gasteiger partial charge in [0.05, 0.1) is 6.07 Å². The molecule has 0 radical (unpaired) electrons. The van der Waals surface area contributed by atoms with E-state index < -0.39 is 4.92 Å². The van der Waals surface area contributed by atoms with Gasteiger partial charge < -0.3 is 10.2 Å². The molecule has 0 bridgehead atoms. The number of furan rings is 1. The van der Waals surface area contributed by atoms with Gasteiger partial charge in [0.1, 0.15) is 10.7 Å². The van der Waals surface area contributed by atoms with Gasteiger partial charge in [-0.15, -0.1) is 0 Å². The van der Waals surface area contributed by atoms with E-state index in [0.717, 1.165) is 25.0 Å². The Hall–Kier alpha value is -1.36. The van der Waals surface area contributed by atoms with Crippen molar-refractivity contribution in [1.29, 1.82) is 0 Å². The molecule has 14 heavy (non-hydrogen) atoms. The number of nitrogens with two attached hydrogens (primary N) is 1. The first-order valence-electron chi connectivity index (χ1n) is 4.63. The summed E-state index contributed by atoms with van der Waals surface area (Å²) in [6, 6.07) is 3.10. The largest absolute Gasteiger partial charge is 0.433 e. The van der Waals surface area contributed by atoms with E-state index in [4.69, 9.17) is 10.2 Å². The molecule has 0 aromatic carbocycles. The third-order valence-electron chi connectivity index (χ3n) is 2.77. The number of nitro groups is 1. The summed E-state index contributed by atoms with van der Waals surface area (Å²) in [6.07, 6.45) is 2.89. The van der Waals surface area contributed by atoms with Crippen molar-refractivity contribution in [3.05, 3.63) is 28.0 Å². The molecule has 0 saturated heterocycles. The van der Waals surface area contributed by atoms with Crippen LogP contribution in [0.1, 0.15) is 25.0 Å². The number of hydrogen-bond donors (Lipinski definition) is 1. The lowest BCUT2D eigenvalue weighted by atomic mass is 10.00. The van der Waals surface area contributed by atoms with E-state index in [1.807, 2.05) is 0 Å². The number of rotatable bonds is 4. The molecular formula is C9H12N2O3. The van der Waals surface area contributed by atoms with Gasteiger partial charge in [-0.25, -0.2) is 0 Å². The second-order valence-electron chi connectivity index (χ2n) is 3.71. The summed E-state index contributed by atoms with van der Waals surface area (Å²) < 4.78 is 5.17. The summed E-state index contributed by atoms with van der Waals surface area (Å²) in [5, 5.41) is 10.4. The molecule has 1 saturated carbocycles. The first-order valence-corrected chi connectivity index (χ1v) is 4.63. The van der Waals surface area contributed by atoms with Crippen molar-refractivity contribution >= 4 is 5.88 Å². The molecule has 5 heteroatoms. The molecule has 76 valence electrons. The molecule has 1 aromatic heterocycles. The van der Waals surface area contributed by atoms with E-state index >= 15 is 0 Å². The summed E-state index contributed by atoms with van der Waals surface area (Å²) in [5.74, 6) is 0.540. The molecule has 0 unspecified atom stereocenters. The Morgan fingerprint density at radius 3 is 2.71 bits per heavy atom. The third kappa shape index (κ3) is 1.39. The quantitative estimate of drug-likeness (QED) is 0.585. The summed E-state index contributed by atoms with van der Waals surface area (Å²) in [4.78, 5) is 9.89. The van der Waals surface area contributed by atoms with Crippen molar-refractivity contribution in [2.45, 2.75) is 24.7 Å². The summed E-state index contributed by atoms with van der Waals surface area (Å²) in [6.45, 7) is 0.592. The fourth-order valence-corrected chi connectivity index (χ4v) is 1.76. The Labute approximate surface area is 81.0 Å². The molecule has 1 aliphatic carbocycles. The van der Waals surface area contributed by atoms with Crippen molar-refractivity contribution < 1.29 is 9.34 Å². The van der Waals surface area contributed by atoms with E-state index in [-0.39, 0.29) is 11.3 Å². The molecule has 5 nitrogen and oxygen atoms in total. The molecule has 0 aliphatic heterocycles. The molecule has 1 heterocycles. The summed E-state index contributed by atoms with van der Waals surface area (Å²) >= 11 is 0. The molecular weight excluding hydrogens is 184 g/mol. The van der Waals surface area contributed by atoms with E-state index in [1.54, 1.807) is 6.07 Å². The first-order chi connectivity index (χ1) is 6.68. The van der Waals surface area contributed by atoms with Gasteiger partial charge in [0.15, 0.2) is 0 Å². The van der Waals surface area contributed by atoms with Crippen LogP contribution >= 0.6 is 0 Å². The minimum absolute atomic E-state index is 0.00299. The standard InChI is InChI=1S/C9H12N2O3/c10-6-5-9(3-4-9)7-1-2-8(14-7)11(12)13/h1-2H,3-6,10H2. The minimum atomic E-state index is -0.512. The van der Waals surface area contributed by atoms with Gasteiger partial charge in [-0.3, -0.25) is 10.1 Å². The van der Waals surface area contributed by atoms with Crippen molar-refractivity contribution in [1.82, 2.24) is 0 Å². The van der Waals surface area contributed by atoms with Crippen LogP contribution in [0.3, 0.4) is 0 Å². The first kappa shape index (κ1) is 9.21. The molecule has 1 aromatic rings. The summed E-state index contributed by atoms with van der Waals surface area (Å²) in [5.41, 5.74) is 5.49. The predicted octanol–water partition coefficient (Wildman–Crippen LogP) is 1.57. The van der Waals surface area contributed by atoms with Crippen LogP contribution in [0, 0.1) is 10.1 Å². The molecule has 0 spiro atoms. The van der Waals surface area contributed by atoms with E-state index in [0.29, 0.717) is 6.54 Å². The smallest absolute Gasteiger partial charge is 0.405 e. The van der Waals surface area contributed by atoms with Crippen LogP contribution in [0.25, 0.3) is 0 Å². The van der Waals surface area contributed by atoms with Crippen LogP contribution in [-0.4, -0.2) is 11.5 Å². The van der Waals surface area contributed by atoms with Gasteiger partial charge in [0.2, 0.25) is 0 Å². The fourth-order valence-electron chi connectivity index (χ4n) is 1.76. The van der Waals surface area contributed by atoms with Gasteiger partial charge in [0.25, 0.3) is 0 Å². The van der Waals surface area contributed by atoms with Gasteiger partial charge in [-0.1, -0.05) is 0 Å². The van der Waals surface area contributed by atoms with Gasteiger partial charge in [-0.2, -0.15) is 0 Å². The van der Waals surface area contributed by atoms with E-state index in [1.165, 1.54) is 6.07 Å². The molecule has 0 atom stereocenters. The molecule has 2 N–H and O–H groups in total. The zero-order valence-electron chi connectivity index (χ0n) is 7.73. The van der Waals surface area contributed by atoms with Crippen LogP contribution in [0.2, 0.25) is 0 Å². The Kier molecular flexibility index (Phi) is 2.03.